The Balaban J connectivity index is 0. The summed E-state index contributed by atoms with van der Waals surface area (Å²) in [5.41, 5.74) is 0. The van der Waals surface area contributed by atoms with E-state index in [0.29, 0.717) is 19.5 Å². The Labute approximate surface area is 295 Å². The molecular weight excluding hydrogens is 582 g/mol. The van der Waals surface area contributed by atoms with Gasteiger partial charge < -0.3 is 14.4 Å². The Morgan fingerprint density at radius 2 is 0.894 bits per heavy atom. The number of hydrogen-bond acceptors (Lipinski definition) is 5. The van der Waals surface area contributed by atoms with E-state index in [2.05, 4.69) is 44.3 Å². The summed E-state index contributed by atoms with van der Waals surface area (Å²) >= 11 is 0. The Morgan fingerprint density at radius 1 is 0.511 bits per heavy atom. The maximum Gasteiger partial charge on any atom is 0.306 e. The first-order valence-electron chi connectivity index (χ1n) is 21.1. The molecule has 0 N–H and O–H groups in total. The number of carbonyl (C=O) groups is 2. The van der Waals surface area contributed by atoms with E-state index in [4.69, 9.17) is 4.74 Å². The molecule has 47 heavy (non-hydrogen) atoms. The summed E-state index contributed by atoms with van der Waals surface area (Å²) < 4.78 is 10.5. The molecule has 0 aliphatic carbocycles. The quantitative estimate of drug-likeness (QED) is 0.0375. The lowest BCUT2D eigenvalue weighted by atomic mass is 10.0. The van der Waals surface area contributed by atoms with Crippen LogP contribution in [0.5, 0.6) is 0 Å². The summed E-state index contributed by atoms with van der Waals surface area (Å²) in [6, 6.07) is 0. The molecule has 1 unspecified atom stereocenters. The highest BCUT2D eigenvalue weighted by molar-refractivity contribution is 5.69. The zero-order valence-electron chi connectivity index (χ0n) is 32.8. The monoisotopic (exact) mass is 668 g/mol. The second-order valence-corrected chi connectivity index (χ2v) is 14.0. The second kappa shape index (κ2) is 42.9. The van der Waals surface area contributed by atoms with Crippen LogP contribution in [0.2, 0.25) is 0 Å². The zero-order valence-corrected chi connectivity index (χ0v) is 32.8. The molecule has 0 aromatic carbocycles. The van der Waals surface area contributed by atoms with Gasteiger partial charge in [0.15, 0.2) is 0 Å². The van der Waals surface area contributed by atoms with Gasteiger partial charge in [-0.05, 0) is 71.0 Å². The minimum absolute atomic E-state index is 0.0511. The van der Waals surface area contributed by atoms with Gasteiger partial charge in [0.2, 0.25) is 0 Å². The normalized spacial score (nSPS) is 11.7. The van der Waals surface area contributed by atoms with Crippen molar-refractivity contribution in [3.05, 3.63) is 0 Å². The molecule has 5 heteroatoms. The smallest absolute Gasteiger partial charge is 0.306 e. The molecule has 0 amide bonds. The highest BCUT2D eigenvalue weighted by Gasteiger charge is 2.14. The molecule has 0 radical (unpaired) electrons. The lowest BCUT2D eigenvalue weighted by Gasteiger charge is -2.20. The third-order valence-electron chi connectivity index (χ3n) is 9.37. The fraction of sp³-hybridized carbons (Fsp3) is 0.952. The molecule has 0 rings (SSSR count). The van der Waals surface area contributed by atoms with Gasteiger partial charge in [0.1, 0.15) is 6.10 Å². The van der Waals surface area contributed by atoms with E-state index in [0.717, 1.165) is 32.1 Å². The first kappa shape index (κ1) is 48.0. The van der Waals surface area contributed by atoms with Gasteiger partial charge in [-0.25, -0.2) is 0 Å². The molecule has 0 aromatic rings. The van der Waals surface area contributed by atoms with Crippen molar-refractivity contribution in [1.29, 1.82) is 0 Å². The van der Waals surface area contributed by atoms with Gasteiger partial charge in [-0.2, -0.15) is 0 Å². The lowest BCUT2D eigenvalue weighted by Crippen LogP contribution is -2.25. The van der Waals surface area contributed by atoms with Crippen LogP contribution < -0.4 is 0 Å². The lowest BCUT2D eigenvalue weighted by molar-refractivity contribution is -0.150. The summed E-state index contributed by atoms with van der Waals surface area (Å²) in [7, 11) is 0. The van der Waals surface area contributed by atoms with Crippen LogP contribution in [0.4, 0.5) is 0 Å². The van der Waals surface area contributed by atoms with Crippen molar-refractivity contribution in [3.63, 3.8) is 0 Å². The summed E-state index contributed by atoms with van der Waals surface area (Å²) in [6.45, 7) is 16.1. The Morgan fingerprint density at radius 3 is 1.34 bits per heavy atom. The molecule has 0 bridgehead atoms. The van der Waals surface area contributed by atoms with Crippen molar-refractivity contribution in [1.82, 2.24) is 4.90 Å². The molecule has 0 heterocycles. The number of esters is 1. The molecule has 0 saturated carbocycles. The molecule has 0 saturated heterocycles. The average molecular weight is 668 g/mol. The predicted octanol–water partition coefficient (Wildman–Crippen LogP) is 13.2. The van der Waals surface area contributed by atoms with Gasteiger partial charge in [-0.15, -0.1) is 0 Å². The zero-order chi connectivity index (χ0) is 34.9. The molecule has 0 spiro atoms. The van der Waals surface area contributed by atoms with Crippen molar-refractivity contribution >= 4 is 12.4 Å². The summed E-state index contributed by atoms with van der Waals surface area (Å²) in [6.07, 6.45) is 37.5. The number of rotatable bonds is 37. The van der Waals surface area contributed by atoms with Crippen LogP contribution in [0.15, 0.2) is 0 Å². The molecule has 1 atom stereocenters. The van der Waals surface area contributed by atoms with Crippen molar-refractivity contribution in [3.8, 4) is 0 Å². The van der Waals surface area contributed by atoms with Crippen molar-refractivity contribution in [2.45, 2.75) is 233 Å². The van der Waals surface area contributed by atoms with Crippen molar-refractivity contribution < 1.29 is 19.1 Å². The summed E-state index contributed by atoms with van der Waals surface area (Å²) in [5.74, 6) is 0.0511. The Bertz CT molecular complexity index is 599. The van der Waals surface area contributed by atoms with Crippen molar-refractivity contribution in [2.75, 3.05) is 26.2 Å². The van der Waals surface area contributed by atoms with Crippen LogP contribution in [0.1, 0.15) is 227 Å². The largest absolute Gasteiger partial charge is 0.468 e. The summed E-state index contributed by atoms with van der Waals surface area (Å²) in [4.78, 5) is 24.8. The minimum atomic E-state index is 0.0511. The van der Waals surface area contributed by atoms with Gasteiger partial charge >= 0.3 is 5.97 Å². The SMILES string of the molecule is CCCCCCCCCOC=O.CCCCCCCCN(CC)CCCCCCCC(=O)OC(CCCCCC)CCCCCCC. The van der Waals surface area contributed by atoms with Crippen LogP contribution >= 0.6 is 0 Å². The third-order valence-corrected chi connectivity index (χ3v) is 9.37. The molecule has 0 fully saturated rings. The Hall–Kier alpha value is -1.10. The van der Waals surface area contributed by atoms with E-state index in [1.165, 1.54) is 174 Å². The van der Waals surface area contributed by atoms with Gasteiger partial charge in [-0.3, -0.25) is 9.59 Å². The molecular formula is C42H85NO4. The summed E-state index contributed by atoms with van der Waals surface area (Å²) in [5, 5.41) is 0. The highest BCUT2D eigenvalue weighted by Crippen LogP contribution is 2.18. The molecule has 0 aliphatic rings. The average Bonchev–Trinajstić information content (AvgIpc) is 3.08. The molecule has 5 nitrogen and oxygen atoms in total. The molecule has 0 aliphatic heterocycles. The predicted molar refractivity (Wildman–Crippen MR) is 205 cm³/mol. The van der Waals surface area contributed by atoms with E-state index >= 15 is 0 Å². The first-order chi connectivity index (χ1) is 23.1. The van der Waals surface area contributed by atoms with Crippen LogP contribution in [0.3, 0.4) is 0 Å². The van der Waals surface area contributed by atoms with E-state index in [9.17, 15) is 9.59 Å². The number of unbranched alkanes of at least 4 members (excludes halogenated alkanes) is 22. The van der Waals surface area contributed by atoms with Crippen LogP contribution in [0.25, 0.3) is 0 Å². The van der Waals surface area contributed by atoms with Crippen LogP contribution in [-0.4, -0.2) is 49.7 Å². The van der Waals surface area contributed by atoms with Gasteiger partial charge in [-0.1, -0.05) is 169 Å². The molecule has 282 valence electrons. The third kappa shape index (κ3) is 41.0. The maximum atomic E-state index is 12.4. The second-order valence-electron chi connectivity index (χ2n) is 14.0. The fourth-order valence-corrected chi connectivity index (χ4v) is 6.15. The van der Waals surface area contributed by atoms with Gasteiger partial charge in [0, 0.05) is 6.42 Å². The highest BCUT2D eigenvalue weighted by atomic mass is 16.5. The van der Waals surface area contributed by atoms with Gasteiger partial charge in [0.05, 0.1) is 6.61 Å². The molecule has 0 aromatic heterocycles. The first-order valence-corrected chi connectivity index (χ1v) is 21.1. The van der Waals surface area contributed by atoms with E-state index in [-0.39, 0.29) is 12.1 Å². The number of nitrogens with zero attached hydrogens (tertiary/aromatic N) is 1. The number of ether oxygens (including phenoxy) is 2. The van der Waals surface area contributed by atoms with E-state index in [1.807, 2.05) is 0 Å². The van der Waals surface area contributed by atoms with E-state index in [1.54, 1.807) is 0 Å². The number of hydrogen-bond donors (Lipinski definition) is 0. The minimum Gasteiger partial charge on any atom is -0.468 e. The van der Waals surface area contributed by atoms with Crippen molar-refractivity contribution in [2.24, 2.45) is 0 Å². The fourth-order valence-electron chi connectivity index (χ4n) is 6.15. The Kier molecular flexibility index (Phi) is 43.8. The van der Waals surface area contributed by atoms with E-state index < -0.39 is 0 Å². The maximum absolute atomic E-state index is 12.4. The number of carbonyl (C=O) groups excluding carboxylic acids is 2. The van der Waals surface area contributed by atoms with Gasteiger partial charge in [0.25, 0.3) is 6.47 Å². The standard InChI is InChI=1S/C32H65NO2.C10H20O2/c1-5-9-12-15-19-24-29-33(8-4)30-25-20-16-18-23-28-32(34)35-31(26-21-14-11-7-3)27-22-17-13-10-6-2;1-2-3-4-5-6-7-8-9-12-10-11/h31H,5-30H2,1-4H3;10H,2-9H2,1H3. The van der Waals surface area contributed by atoms with Crippen LogP contribution in [0, 0.1) is 0 Å². The van der Waals surface area contributed by atoms with Crippen LogP contribution in [-0.2, 0) is 19.1 Å². The topological polar surface area (TPSA) is 55.8 Å².